The second-order valence-corrected chi connectivity index (χ2v) is 10.5. The number of nitrogens with zero attached hydrogens (tertiary/aromatic N) is 4. The van der Waals surface area contributed by atoms with Gasteiger partial charge in [0.25, 0.3) is 0 Å². The van der Waals surface area contributed by atoms with Gasteiger partial charge in [-0.15, -0.1) is 21.5 Å². The molecule has 1 atom stereocenters. The topological polar surface area (TPSA) is 76.5 Å². The summed E-state index contributed by atoms with van der Waals surface area (Å²) >= 11 is 3.51. The summed E-state index contributed by atoms with van der Waals surface area (Å²) in [6.45, 7) is 5.70. The van der Waals surface area contributed by atoms with Crippen molar-refractivity contribution in [3.8, 4) is 10.8 Å². The van der Waals surface area contributed by atoms with E-state index in [0.29, 0.717) is 13.3 Å². The minimum absolute atomic E-state index is 0.0695. The van der Waals surface area contributed by atoms with Gasteiger partial charge < -0.3 is 9.47 Å². The lowest BCUT2D eigenvalue weighted by Crippen LogP contribution is -2.40. The molecule has 31 heavy (non-hydrogen) atoms. The third-order valence-electron chi connectivity index (χ3n) is 5.95. The van der Waals surface area contributed by atoms with Crippen LogP contribution < -0.4 is 20.5 Å². The van der Waals surface area contributed by atoms with Gasteiger partial charge >= 0.3 is 0 Å². The van der Waals surface area contributed by atoms with Gasteiger partial charge in [0, 0.05) is 22.6 Å². The maximum Gasteiger partial charge on any atom is 0.249 e. The minimum atomic E-state index is -0.155. The quantitative estimate of drug-likeness (QED) is 0.579. The molecule has 3 aliphatic heterocycles. The van der Waals surface area contributed by atoms with Crippen molar-refractivity contribution >= 4 is 29.0 Å². The van der Waals surface area contributed by atoms with Gasteiger partial charge in [-0.25, -0.2) is 9.99 Å². The fraction of sp³-hybridized carbons (Fsp3) is 0.429. The summed E-state index contributed by atoms with van der Waals surface area (Å²) in [7, 11) is 1.69. The maximum atomic E-state index is 6.11. The summed E-state index contributed by atoms with van der Waals surface area (Å²) in [4.78, 5) is 1.31. The smallest absolute Gasteiger partial charge is 0.249 e. The number of hydrogen-bond acceptors (Lipinski definition) is 9. The van der Waals surface area contributed by atoms with Crippen molar-refractivity contribution in [1.29, 1.82) is 0 Å². The molecule has 3 aromatic rings. The molecule has 162 valence electrons. The number of hydrazine groups is 1. The molecule has 0 radical (unpaired) electrons. The summed E-state index contributed by atoms with van der Waals surface area (Å²) in [5.41, 5.74) is 7.23. The number of anilines is 1. The summed E-state index contributed by atoms with van der Waals surface area (Å²) in [6, 6.07) is 8.17. The third-order valence-corrected chi connectivity index (χ3v) is 8.15. The molecule has 1 unspecified atom stereocenters. The van der Waals surface area contributed by atoms with Crippen LogP contribution in [0.5, 0.6) is 5.75 Å². The molecule has 2 N–H and O–H groups in total. The predicted octanol–water partition coefficient (Wildman–Crippen LogP) is 3.36. The number of methoxy groups -OCH3 is 1. The predicted molar refractivity (Wildman–Crippen MR) is 121 cm³/mol. The van der Waals surface area contributed by atoms with E-state index >= 15 is 0 Å². The molecule has 0 bridgehead atoms. The van der Waals surface area contributed by atoms with Crippen molar-refractivity contribution in [1.82, 2.24) is 25.5 Å². The van der Waals surface area contributed by atoms with Crippen LogP contribution in [0.25, 0.3) is 5.00 Å². The molecule has 5 heterocycles. The van der Waals surface area contributed by atoms with Crippen molar-refractivity contribution in [2.45, 2.75) is 49.6 Å². The average Bonchev–Trinajstić information content (AvgIpc) is 3.47. The molecule has 1 saturated heterocycles. The lowest BCUT2D eigenvalue weighted by Gasteiger charge is -2.34. The van der Waals surface area contributed by atoms with Gasteiger partial charge in [0.15, 0.2) is 5.16 Å². The van der Waals surface area contributed by atoms with Gasteiger partial charge in [-0.1, -0.05) is 23.9 Å². The standard InChI is InChI=1S/C21H24N6O2S2/c1-21(2)8-14-15(9-29-21)31-18-16(14)17-22-11-23-27(17)19-24-25-20(26(18)19)30-10-12-4-6-13(28-3)7-5-12/h4-7,17,22-23H,8-11H2,1-3H3. The van der Waals surface area contributed by atoms with Gasteiger partial charge in [-0.05, 0) is 37.1 Å². The van der Waals surface area contributed by atoms with Gasteiger partial charge in [0.1, 0.15) is 16.9 Å². The Balaban J connectivity index is 1.39. The molecular formula is C21H24N6O2S2. The number of thiophene rings is 1. The second-order valence-electron chi connectivity index (χ2n) is 8.51. The molecule has 6 rings (SSSR count). The molecule has 0 spiro atoms. The largest absolute Gasteiger partial charge is 0.497 e. The van der Waals surface area contributed by atoms with E-state index in [2.05, 4.69) is 56.5 Å². The summed E-state index contributed by atoms with van der Waals surface area (Å²) in [6.07, 6.45) is 0.978. The van der Waals surface area contributed by atoms with Crippen LogP contribution in [0.4, 0.5) is 5.95 Å². The van der Waals surface area contributed by atoms with Crippen LogP contribution in [0.1, 0.15) is 41.6 Å². The average molecular weight is 457 g/mol. The summed E-state index contributed by atoms with van der Waals surface area (Å²) in [5, 5.41) is 16.9. The highest BCUT2D eigenvalue weighted by Crippen LogP contribution is 2.48. The normalized spacial score (nSPS) is 20.7. The fourth-order valence-electron chi connectivity index (χ4n) is 4.40. The molecule has 2 aromatic heterocycles. The van der Waals surface area contributed by atoms with Crippen molar-refractivity contribution in [2.75, 3.05) is 18.8 Å². The highest BCUT2D eigenvalue weighted by atomic mass is 32.2. The SMILES string of the molecule is COc1ccc(CSc2nnc3n2-c2sc4c(c2C2NCNN32)CC(C)(C)OC4)cc1. The molecule has 1 aromatic carbocycles. The number of fused-ring (bicyclic) bond motifs is 8. The fourth-order valence-corrected chi connectivity index (χ4v) is 6.60. The number of rotatable bonds is 4. The number of thioether (sulfide) groups is 1. The van der Waals surface area contributed by atoms with E-state index in [4.69, 9.17) is 9.47 Å². The van der Waals surface area contributed by atoms with E-state index in [1.54, 1.807) is 18.9 Å². The van der Waals surface area contributed by atoms with Crippen LogP contribution >= 0.6 is 23.1 Å². The Morgan fingerprint density at radius 3 is 2.94 bits per heavy atom. The van der Waals surface area contributed by atoms with Gasteiger partial charge in [0.05, 0.1) is 26.0 Å². The Labute approximate surface area is 188 Å². The number of ether oxygens (including phenoxy) is 2. The molecule has 0 amide bonds. The van der Waals surface area contributed by atoms with Crippen LogP contribution in [-0.2, 0) is 23.5 Å². The van der Waals surface area contributed by atoms with Gasteiger partial charge in [-0.2, -0.15) is 0 Å². The van der Waals surface area contributed by atoms with Crippen molar-refractivity contribution in [2.24, 2.45) is 0 Å². The van der Waals surface area contributed by atoms with E-state index in [1.807, 2.05) is 23.5 Å². The number of aromatic nitrogens is 3. The van der Waals surface area contributed by atoms with Gasteiger partial charge in [0.2, 0.25) is 5.95 Å². The maximum absolute atomic E-state index is 6.11. The monoisotopic (exact) mass is 456 g/mol. The Kier molecular flexibility index (Phi) is 4.55. The van der Waals surface area contributed by atoms with Crippen LogP contribution in [0.15, 0.2) is 29.4 Å². The summed E-state index contributed by atoms with van der Waals surface area (Å²) in [5.74, 6) is 2.51. The Morgan fingerprint density at radius 1 is 1.29 bits per heavy atom. The highest BCUT2D eigenvalue weighted by molar-refractivity contribution is 7.98. The lowest BCUT2D eigenvalue weighted by atomic mass is 9.92. The molecule has 3 aliphatic rings. The lowest BCUT2D eigenvalue weighted by molar-refractivity contribution is -0.0385. The second kappa shape index (κ2) is 7.21. The number of benzene rings is 1. The number of nitrogens with one attached hydrogen (secondary N) is 2. The molecule has 0 saturated carbocycles. The first-order chi connectivity index (χ1) is 15.0. The van der Waals surface area contributed by atoms with Crippen LogP contribution in [0.3, 0.4) is 0 Å². The zero-order valence-electron chi connectivity index (χ0n) is 17.6. The van der Waals surface area contributed by atoms with E-state index in [-0.39, 0.29) is 11.8 Å². The van der Waals surface area contributed by atoms with Crippen molar-refractivity contribution in [3.05, 3.63) is 45.8 Å². The molecule has 8 nitrogen and oxygen atoms in total. The molecule has 0 aliphatic carbocycles. The van der Waals surface area contributed by atoms with E-state index in [1.165, 1.54) is 26.6 Å². The first-order valence-corrected chi connectivity index (χ1v) is 12.1. The Morgan fingerprint density at radius 2 is 2.13 bits per heavy atom. The number of hydrogen-bond donors (Lipinski definition) is 2. The van der Waals surface area contributed by atoms with Gasteiger partial charge in [-0.3, -0.25) is 10.3 Å². The molecule has 1 fully saturated rings. The molecular weight excluding hydrogens is 432 g/mol. The first kappa shape index (κ1) is 19.6. The Hall–Kier alpha value is -2.11. The zero-order chi connectivity index (χ0) is 21.2. The van der Waals surface area contributed by atoms with Crippen LogP contribution in [-0.4, -0.2) is 34.1 Å². The third kappa shape index (κ3) is 3.16. The van der Waals surface area contributed by atoms with E-state index < -0.39 is 0 Å². The minimum Gasteiger partial charge on any atom is -0.497 e. The van der Waals surface area contributed by atoms with E-state index in [0.717, 1.165) is 29.0 Å². The van der Waals surface area contributed by atoms with Crippen molar-refractivity contribution < 1.29 is 9.47 Å². The van der Waals surface area contributed by atoms with E-state index in [9.17, 15) is 0 Å². The van der Waals surface area contributed by atoms with Crippen molar-refractivity contribution in [3.63, 3.8) is 0 Å². The molecule has 10 heteroatoms. The zero-order valence-corrected chi connectivity index (χ0v) is 19.3. The first-order valence-electron chi connectivity index (χ1n) is 10.3. The highest BCUT2D eigenvalue weighted by Gasteiger charge is 2.43. The van der Waals surface area contributed by atoms with Crippen LogP contribution in [0, 0.1) is 0 Å². The summed E-state index contributed by atoms with van der Waals surface area (Å²) < 4.78 is 13.6. The van der Waals surface area contributed by atoms with Crippen LogP contribution in [0.2, 0.25) is 0 Å². The Bertz CT molecular complexity index is 1140.